The fraction of sp³-hybridized carbons (Fsp3) is 0.531. The van der Waals surface area contributed by atoms with Gasteiger partial charge in [-0.2, -0.15) is 0 Å². The van der Waals surface area contributed by atoms with Crippen LogP contribution in [0.2, 0.25) is 0 Å². The Morgan fingerprint density at radius 1 is 1.05 bits per heavy atom. The average Bonchev–Trinajstić information content (AvgIpc) is 2.98. The van der Waals surface area contributed by atoms with E-state index in [0.717, 1.165) is 12.0 Å². The maximum absolute atomic E-state index is 13.7. The van der Waals surface area contributed by atoms with Crippen molar-refractivity contribution in [2.45, 2.75) is 83.0 Å². The van der Waals surface area contributed by atoms with Crippen LogP contribution in [-0.2, 0) is 30.2 Å². The Morgan fingerprint density at radius 3 is 2.34 bits per heavy atom. The summed E-state index contributed by atoms with van der Waals surface area (Å²) in [7, 11) is 1.69. The first-order valence-electron chi connectivity index (χ1n) is 14.3. The van der Waals surface area contributed by atoms with Gasteiger partial charge in [-0.3, -0.25) is 4.79 Å². The number of benzene rings is 2. The lowest BCUT2D eigenvalue weighted by Gasteiger charge is -2.42. The third-order valence-electron chi connectivity index (χ3n) is 8.16. The number of esters is 1. The van der Waals surface area contributed by atoms with Crippen LogP contribution < -0.4 is 0 Å². The maximum atomic E-state index is 13.7. The summed E-state index contributed by atoms with van der Waals surface area (Å²) in [6, 6.07) is 18.1. The van der Waals surface area contributed by atoms with E-state index in [0.29, 0.717) is 30.2 Å². The molecule has 2 aliphatic heterocycles. The van der Waals surface area contributed by atoms with Crippen LogP contribution in [-0.4, -0.2) is 71.9 Å². The first-order valence-corrected chi connectivity index (χ1v) is 15.4. The third-order valence-corrected chi connectivity index (χ3v) is 8.90. The molecule has 2 aromatic carbocycles. The first kappa shape index (κ1) is 31.2. The van der Waals surface area contributed by atoms with Crippen LogP contribution in [0.5, 0.6) is 0 Å². The molecule has 2 aliphatic rings. The van der Waals surface area contributed by atoms with Gasteiger partial charge in [-0.15, -0.1) is 0 Å². The van der Waals surface area contributed by atoms with E-state index in [4.69, 9.17) is 18.9 Å². The van der Waals surface area contributed by atoms with E-state index in [1.54, 1.807) is 38.3 Å². The standard InChI is InChI=1S/C32H40BrNO7/c1-20-15-26(38-4)17-27(39-20)18-28(40-31(36)24-13-9-6-10-14-24)21(2)29-22(3)30(35)34(32(37)41-29)25(19-33)16-23-11-7-5-8-12-23/h5-14,20-22,25-29H,15-19H2,1-4H3/t20-,21-,22-,25-,26+,27+,28+,29+/m0/s1. The van der Waals surface area contributed by atoms with Gasteiger partial charge < -0.3 is 18.9 Å². The SMILES string of the molecule is CO[C@H]1C[C@H](C[C@@H](OC(=O)c2ccccc2)[C@H](C)[C@H]2OC(=O)N([C@H](CBr)Cc3ccccc3)C(=O)[C@H]2C)O[C@@H](C)C1. The van der Waals surface area contributed by atoms with E-state index in [9.17, 15) is 14.4 Å². The van der Waals surface area contributed by atoms with E-state index in [1.807, 2.05) is 50.2 Å². The number of carbonyl (C=O) groups is 3. The maximum Gasteiger partial charge on any atom is 0.417 e. The van der Waals surface area contributed by atoms with Crippen LogP contribution >= 0.6 is 15.9 Å². The number of imide groups is 1. The molecule has 0 N–H and O–H groups in total. The Balaban J connectivity index is 1.53. The number of ether oxygens (including phenoxy) is 4. The van der Waals surface area contributed by atoms with Crippen LogP contribution in [0.15, 0.2) is 60.7 Å². The highest BCUT2D eigenvalue weighted by Gasteiger charge is 2.48. The molecule has 0 unspecified atom stereocenters. The van der Waals surface area contributed by atoms with Crippen molar-refractivity contribution in [3.05, 3.63) is 71.8 Å². The topological polar surface area (TPSA) is 91.4 Å². The van der Waals surface area contributed by atoms with Crippen molar-refractivity contribution >= 4 is 33.9 Å². The Kier molecular flexibility index (Phi) is 11.0. The Morgan fingerprint density at radius 2 is 1.71 bits per heavy atom. The van der Waals surface area contributed by atoms with Gasteiger partial charge in [0, 0.05) is 24.8 Å². The number of alkyl halides is 1. The summed E-state index contributed by atoms with van der Waals surface area (Å²) in [6.07, 6.45) is 0.0468. The van der Waals surface area contributed by atoms with Crippen LogP contribution in [0.4, 0.5) is 4.79 Å². The average molecular weight is 631 g/mol. The van der Waals surface area contributed by atoms with E-state index in [1.165, 1.54) is 4.90 Å². The first-order chi connectivity index (χ1) is 19.7. The van der Waals surface area contributed by atoms with Gasteiger partial charge in [0.15, 0.2) is 0 Å². The number of hydrogen-bond donors (Lipinski definition) is 0. The number of carbonyl (C=O) groups excluding carboxylic acids is 3. The zero-order chi connectivity index (χ0) is 29.5. The quantitative estimate of drug-likeness (QED) is 0.229. The van der Waals surface area contributed by atoms with Crippen LogP contribution in [0.3, 0.4) is 0 Å². The van der Waals surface area contributed by atoms with Gasteiger partial charge in [0.2, 0.25) is 5.91 Å². The number of cyclic esters (lactones) is 1. The Hall–Kier alpha value is -2.75. The Labute approximate surface area is 250 Å². The smallest absolute Gasteiger partial charge is 0.417 e. The molecule has 8 atom stereocenters. The summed E-state index contributed by atoms with van der Waals surface area (Å²) in [5.41, 5.74) is 1.44. The van der Waals surface area contributed by atoms with Gasteiger partial charge in [0.25, 0.3) is 0 Å². The van der Waals surface area contributed by atoms with E-state index in [2.05, 4.69) is 15.9 Å². The van der Waals surface area contributed by atoms with Gasteiger partial charge in [-0.25, -0.2) is 14.5 Å². The molecule has 2 saturated heterocycles. The number of methoxy groups -OCH3 is 1. The summed E-state index contributed by atoms with van der Waals surface area (Å²) in [5.74, 6) is -1.87. The molecule has 41 heavy (non-hydrogen) atoms. The molecule has 0 radical (unpaired) electrons. The molecule has 8 nitrogen and oxygen atoms in total. The molecule has 0 bridgehead atoms. The second-order valence-electron chi connectivity index (χ2n) is 11.1. The number of halogens is 1. The summed E-state index contributed by atoms with van der Waals surface area (Å²) in [4.78, 5) is 41.4. The zero-order valence-corrected chi connectivity index (χ0v) is 25.7. The van der Waals surface area contributed by atoms with Crippen LogP contribution in [0.1, 0.15) is 56.0 Å². The lowest BCUT2D eigenvalue weighted by Crippen LogP contribution is -2.59. The molecule has 0 aliphatic carbocycles. The van der Waals surface area contributed by atoms with E-state index >= 15 is 0 Å². The van der Waals surface area contributed by atoms with Crippen molar-refractivity contribution < 1.29 is 33.3 Å². The molecule has 0 spiro atoms. The second-order valence-corrected chi connectivity index (χ2v) is 11.8. The summed E-state index contributed by atoms with van der Waals surface area (Å²) in [6.45, 7) is 5.64. The van der Waals surface area contributed by atoms with Crippen LogP contribution in [0, 0.1) is 11.8 Å². The summed E-state index contributed by atoms with van der Waals surface area (Å²) < 4.78 is 23.9. The van der Waals surface area contributed by atoms with Gasteiger partial charge in [-0.05, 0) is 50.8 Å². The highest BCUT2D eigenvalue weighted by molar-refractivity contribution is 9.09. The predicted octanol–water partition coefficient (Wildman–Crippen LogP) is 5.81. The van der Waals surface area contributed by atoms with Gasteiger partial charge in [-0.1, -0.05) is 71.4 Å². The monoisotopic (exact) mass is 629 g/mol. The molecule has 0 aromatic heterocycles. The molecule has 2 aromatic rings. The van der Waals surface area contributed by atoms with Crippen LogP contribution in [0.25, 0.3) is 0 Å². The summed E-state index contributed by atoms with van der Waals surface area (Å²) in [5, 5.41) is 0.421. The minimum Gasteiger partial charge on any atom is -0.458 e. The lowest BCUT2D eigenvalue weighted by atomic mass is 9.84. The van der Waals surface area contributed by atoms with Crippen molar-refractivity contribution in [3.8, 4) is 0 Å². The molecule has 222 valence electrons. The largest absolute Gasteiger partial charge is 0.458 e. The molecule has 9 heteroatoms. The molecular formula is C32H40BrNO7. The molecular weight excluding hydrogens is 590 g/mol. The molecule has 2 amide bonds. The fourth-order valence-corrected chi connectivity index (χ4v) is 6.40. The fourth-order valence-electron chi connectivity index (χ4n) is 5.88. The minimum atomic E-state index is -0.772. The number of amides is 2. The lowest BCUT2D eigenvalue weighted by molar-refractivity contribution is -0.153. The molecule has 2 heterocycles. The predicted molar refractivity (Wildman–Crippen MR) is 158 cm³/mol. The molecule has 2 fully saturated rings. The van der Waals surface area contributed by atoms with Gasteiger partial charge in [0.1, 0.15) is 12.2 Å². The van der Waals surface area contributed by atoms with Crippen molar-refractivity contribution in [2.24, 2.45) is 11.8 Å². The number of rotatable bonds is 11. The summed E-state index contributed by atoms with van der Waals surface area (Å²) >= 11 is 3.49. The number of nitrogens with zero attached hydrogens (tertiary/aromatic N) is 1. The highest BCUT2D eigenvalue weighted by Crippen LogP contribution is 2.34. The molecule has 0 saturated carbocycles. The normalized spacial score (nSPS) is 27.0. The van der Waals surface area contributed by atoms with Gasteiger partial charge >= 0.3 is 12.1 Å². The minimum absolute atomic E-state index is 0.00755. The van der Waals surface area contributed by atoms with Crippen molar-refractivity contribution in [1.29, 1.82) is 0 Å². The molecule has 4 rings (SSSR count). The van der Waals surface area contributed by atoms with Gasteiger partial charge in [0.05, 0.1) is 35.8 Å². The Bertz CT molecular complexity index is 1160. The second kappa shape index (κ2) is 14.4. The highest BCUT2D eigenvalue weighted by atomic mass is 79.9. The third kappa shape index (κ3) is 7.76. The van der Waals surface area contributed by atoms with Crippen molar-refractivity contribution in [2.75, 3.05) is 12.4 Å². The van der Waals surface area contributed by atoms with Crippen molar-refractivity contribution in [3.63, 3.8) is 0 Å². The number of hydrogen-bond acceptors (Lipinski definition) is 7. The van der Waals surface area contributed by atoms with E-state index < -0.39 is 42.1 Å². The zero-order valence-electron chi connectivity index (χ0n) is 24.1. The van der Waals surface area contributed by atoms with E-state index in [-0.39, 0.29) is 24.2 Å². The van der Waals surface area contributed by atoms with Crippen molar-refractivity contribution in [1.82, 2.24) is 4.90 Å².